The van der Waals surface area contributed by atoms with Crippen molar-refractivity contribution in [2.45, 2.75) is 46.1 Å². The second-order valence-electron chi connectivity index (χ2n) is 6.61. The third-order valence-electron chi connectivity index (χ3n) is 4.83. The quantitative estimate of drug-likeness (QED) is 0.774. The highest BCUT2D eigenvalue weighted by molar-refractivity contribution is 5.00. The van der Waals surface area contributed by atoms with Gasteiger partial charge in [-0.05, 0) is 63.6 Å². The van der Waals surface area contributed by atoms with E-state index in [4.69, 9.17) is 0 Å². The number of nitrogens with zero attached hydrogens (tertiary/aromatic N) is 1. The molecule has 2 saturated heterocycles. The van der Waals surface area contributed by atoms with Crippen LogP contribution in [-0.4, -0.2) is 37.6 Å². The molecule has 0 aliphatic carbocycles. The summed E-state index contributed by atoms with van der Waals surface area (Å²) < 4.78 is 0. The lowest BCUT2D eigenvalue weighted by molar-refractivity contribution is 0.0992. The summed E-state index contributed by atoms with van der Waals surface area (Å²) in [4.78, 5) is 2.57. The molecule has 0 radical (unpaired) electrons. The lowest BCUT2D eigenvalue weighted by atomic mass is 9.67. The minimum Gasteiger partial charge on any atom is -0.316 e. The Morgan fingerprint density at radius 3 is 2.75 bits per heavy atom. The number of hydrogen-bond acceptors (Lipinski definition) is 2. The molecular formula is C14H28N2. The van der Waals surface area contributed by atoms with Gasteiger partial charge in [0.15, 0.2) is 0 Å². The number of rotatable bonds is 2. The Hall–Kier alpha value is -0.0800. The monoisotopic (exact) mass is 224 g/mol. The average molecular weight is 224 g/mol. The van der Waals surface area contributed by atoms with Crippen LogP contribution in [0, 0.1) is 17.3 Å². The summed E-state index contributed by atoms with van der Waals surface area (Å²) in [6.45, 7) is 10.9. The van der Waals surface area contributed by atoms with Gasteiger partial charge in [-0.15, -0.1) is 0 Å². The number of nitrogens with one attached hydrogen (secondary N) is 1. The number of hydrogen-bond donors (Lipinski definition) is 1. The van der Waals surface area contributed by atoms with Crippen molar-refractivity contribution >= 4 is 0 Å². The first-order valence-electron chi connectivity index (χ1n) is 6.94. The SMILES string of the molecule is CC(C)CC1CNCCC12CC(C)N(C)C2. The molecule has 2 aliphatic rings. The molecule has 3 atom stereocenters. The Labute approximate surface area is 101 Å². The molecule has 2 heterocycles. The first-order chi connectivity index (χ1) is 7.53. The van der Waals surface area contributed by atoms with Gasteiger partial charge in [0.25, 0.3) is 0 Å². The maximum absolute atomic E-state index is 3.60. The van der Waals surface area contributed by atoms with Crippen LogP contribution in [0.5, 0.6) is 0 Å². The van der Waals surface area contributed by atoms with Gasteiger partial charge in [0.2, 0.25) is 0 Å². The van der Waals surface area contributed by atoms with E-state index in [1.54, 1.807) is 0 Å². The largest absolute Gasteiger partial charge is 0.316 e. The Bertz CT molecular complexity index is 227. The summed E-state index contributed by atoms with van der Waals surface area (Å²) >= 11 is 0. The van der Waals surface area contributed by atoms with E-state index in [9.17, 15) is 0 Å². The van der Waals surface area contributed by atoms with Crippen molar-refractivity contribution in [3.05, 3.63) is 0 Å². The Kier molecular flexibility index (Phi) is 3.60. The van der Waals surface area contributed by atoms with Crippen LogP contribution in [0.25, 0.3) is 0 Å². The van der Waals surface area contributed by atoms with Crippen LogP contribution in [0.4, 0.5) is 0 Å². The molecule has 0 amide bonds. The Morgan fingerprint density at radius 1 is 1.44 bits per heavy atom. The first-order valence-corrected chi connectivity index (χ1v) is 6.94. The highest BCUT2D eigenvalue weighted by Crippen LogP contribution is 2.46. The first kappa shape index (κ1) is 12.4. The number of piperidine rings is 1. The van der Waals surface area contributed by atoms with Gasteiger partial charge < -0.3 is 10.2 Å². The lowest BCUT2D eigenvalue weighted by Crippen LogP contribution is -2.46. The molecule has 0 aromatic rings. The topological polar surface area (TPSA) is 15.3 Å². The van der Waals surface area contributed by atoms with Crippen molar-refractivity contribution in [1.29, 1.82) is 0 Å². The molecule has 3 unspecified atom stereocenters. The molecule has 0 aromatic carbocycles. The van der Waals surface area contributed by atoms with Gasteiger partial charge in [0.05, 0.1) is 0 Å². The van der Waals surface area contributed by atoms with E-state index in [0.29, 0.717) is 5.41 Å². The standard InChI is InChI=1S/C14H28N2/c1-11(2)7-13-9-15-6-5-14(13)8-12(3)16(4)10-14/h11-13,15H,5-10H2,1-4H3. The van der Waals surface area contributed by atoms with Crippen LogP contribution in [0.15, 0.2) is 0 Å². The molecule has 2 rings (SSSR count). The Balaban J connectivity index is 2.09. The average Bonchev–Trinajstić information content (AvgIpc) is 2.47. The van der Waals surface area contributed by atoms with Crippen molar-refractivity contribution in [3.63, 3.8) is 0 Å². The second-order valence-corrected chi connectivity index (χ2v) is 6.61. The molecule has 2 heteroatoms. The molecule has 2 nitrogen and oxygen atoms in total. The minimum atomic E-state index is 0.629. The second kappa shape index (κ2) is 4.66. The van der Waals surface area contributed by atoms with Crippen LogP contribution in [0.3, 0.4) is 0 Å². The van der Waals surface area contributed by atoms with E-state index in [1.165, 1.54) is 38.9 Å². The molecule has 1 spiro atoms. The van der Waals surface area contributed by atoms with E-state index in [0.717, 1.165) is 17.9 Å². The molecule has 1 N–H and O–H groups in total. The third-order valence-corrected chi connectivity index (χ3v) is 4.83. The van der Waals surface area contributed by atoms with Gasteiger partial charge in [0.1, 0.15) is 0 Å². The zero-order valence-corrected chi connectivity index (χ0v) is 11.4. The summed E-state index contributed by atoms with van der Waals surface area (Å²) in [5.74, 6) is 1.73. The van der Waals surface area contributed by atoms with Gasteiger partial charge in [-0.1, -0.05) is 13.8 Å². The predicted molar refractivity (Wildman–Crippen MR) is 69.6 cm³/mol. The predicted octanol–water partition coefficient (Wildman–Crippen LogP) is 2.35. The van der Waals surface area contributed by atoms with E-state index in [2.05, 4.69) is 38.0 Å². The molecule has 0 saturated carbocycles. The molecule has 2 fully saturated rings. The summed E-state index contributed by atoms with van der Waals surface area (Å²) in [7, 11) is 2.30. The van der Waals surface area contributed by atoms with E-state index in [-0.39, 0.29) is 0 Å². The van der Waals surface area contributed by atoms with Crippen LogP contribution in [0.2, 0.25) is 0 Å². The van der Waals surface area contributed by atoms with Crippen molar-refractivity contribution in [1.82, 2.24) is 10.2 Å². The van der Waals surface area contributed by atoms with Gasteiger partial charge >= 0.3 is 0 Å². The van der Waals surface area contributed by atoms with Crippen LogP contribution >= 0.6 is 0 Å². The van der Waals surface area contributed by atoms with E-state index < -0.39 is 0 Å². The summed E-state index contributed by atoms with van der Waals surface area (Å²) in [5, 5.41) is 3.60. The fraction of sp³-hybridized carbons (Fsp3) is 1.00. The van der Waals surface area contributed by atoms with Crippen molar-refractivity contribution in [2.75, 3.05) is 26.7 Å². The van der Waals surface area contributed by atoms with E-state index in [1.807, 2.05) is 0 Å². The van der Waals surface area contributed by atoms with Gasteiger partial charge in [-0.2, -0.15) is 0 Å². The van der Waals surface area contributed by atoms with Crippen LogP contribution in [0.1, 0.15) is 40.0 Å². The molecule has 0 bridgehead atoms. The minimum absolute atomic E-state index is 0.629. The zero-order chi connectivity index (χ0) is 11.8. The summed E-state index contributed by atoms with van der Waals surface area (Å²) in [5.41, 5.74) is 0.629. The molecule has 94 valence electrons. The molecule has 0 aromatic heterocycles. The van der Waals surface area contributed by atoms with Crippen LogP contribution in [-0.2, 0) is 0 Å². The molecule has 2 aliphatic heterocycles. The molecular weight excluding hydrogens is 196 g/mol. The Morgan fingerprint density at radius 2 is 2.19 bits per heavy atom. The third kappa shape index (κ3) is 2.28. The summed E-state index contributed by atoms with van der Waals surface area (Å²) in [6.07, 6.45) is 4.20. The fourth-order valence-electron chi connectivity index (χ4n) is 3.87. The maximum atomic E-state index is 3.60. The van der Waals surface area contributed by atoms with Crippen molar-refractivity contribution in [2.24, 2.45) is 17.3 Å². The normalized spacial score (nSPS) is 41.1. The van der Waals surface area contributed by atoms with Crippen LogP contribution < -0.4 is 5.32 Å². The lowest BCUT2D eigenvalue weighted by Gasteiger charge is -2.42. The highest BCUT2D eigenvalue weighted by atomic mass is 15.2. The fourth-order valence-corrected chi connectivity index (χ4v) is 3.87. The van der Waals surface area contributed by atoms with E-state index >= 15 is 0 Å². The maximum Gasteiger partial charge on any atom is 0.00700 e. The molecule has 16 heavy (non-hydrogen) atoms. The van der Waals surface area contributed by atoms with Gasteiger partial charge in [-0.25, -0.2) is 0 Å². The van der Waals surface area contributed by atoms with Gasteiger partial charge in [0, 0.05) is 12.6 Å². The number of likely N-dealkylation sites (tertiary alicyclic amines) is 1. The smallest absolute Gasteiger partial charge is 0.00700 e. The summed E-state index contributed by atoms with van der Waals surface area (Å²) in [6, 6.07) is 0.785. The zero-order valence-electron chi connectivity index (χ0n) is 11.4. The van der Waals surface area contributed by atoms with Crippen molar-refractivity contribution in [3.8, 4) is 0 Å². The van der Waals surface area contributed by atoms with Gasteiger partial charge in [-0.3, -0.25) is 0 Å². The highest BCUT2D eigenvalue weighted by Gasteiger charge is 2.47. The van der Waals surface area contributed by atoms with Crippen molar-refractivity contribution < 1.29 is 0 Å².